The molecule has 1 aliphatic rings. The molecule has 2 aromatic rings. The Hall–Kier alpha value is -2.69. The number of ether oxygens (including phenoxy) is 4. The molecule has 0 N–H and O–H groups in total. The van der Waals surface area contributed by atoms with Crippen molar-refractivity contribution < 1.29 is 23.7 Å². The number of benzene rings is 2. The van der Waals surface area contributed by atoms with Gasteiger partial charge in [0.25, 0.3) is 0 Å². The van der Waals surface area contributed by atoms with Gasteiger partial charge in [-0.05, 0) is 36.1 Å². The number of hydrogen-bond donors (Lipinski definition) is 0. The first kappa shape index (κ1) is 16.2. The maximum Gasteiger partial charge on any atom is 0.339 e. The van der Waals surface area contributed by atoms with Gasteiger partial charge in [-0.2, -0.15) is 0 Å². The number of aryl methyl sites for hydroxylation is 1. The molecule has 0 fully saturated rings. The number of carbonyl (C=O) groups is 1. The summed E-state index contributed by atoms with van der Waals surface area (Å²) in [5.41, 5.74) is 2.69. The molecule has 0 bridgehead atoms. The summed E-state index contributed by atoms with van der Waals surface area (Å²) in [7, 11) is 4.55. The van der Waals surface area contributed by atoms with Crippen LogP contribution in [0.3, 0.4) is 0 Å². The summed E-state index contributed by atoms with van der Waals surface area (Å²) >= 11 is 0. The molecule has 0 saturated carbocycles. The number of carbonyl (C=O) groups excluding carboxylic acids is 1. The molecule has 1 atom stereocenters. The largest absolute Gasteiger partial charge is 0.493 e. The van der Waals surface area contributed by atoms with E-state index in [0.29, 0.717) is 22.8 Å². The molecule has 126 valence electrons. The van der Waals surface area contributed by atoms with Gasteiger partial charge in [0.2, 0.25) is 5.75 Å². The maximum atomic E-state index is 12.6. The second-order valence-electron chi connectivity index (χ2n) is 5.55. The van der Waals surface area contributed by atoms with Crippen molar-refractivity contribution in [1.29, 1.82) is 0 Å². The minimum Gasteiger partial charge on any atom is -0.493 e. The average Bonchev–Trinajstić information content (AvgIpc) is 3.03. The second kappa shape index (κ2) is 6.83. The van der Waals surface area contributed by atoms with E-state index in [-0.39, 0.29) is 6.10 Å². The first-order chi connectivity index (χ1) is 11.7. The lowest BCUT2D eigenvalue weighted by molar-refractivity contribution is 0.0300. The third kappa shape index (κ3) is 2.89. The van der Waals surface area contributed by atoms with Gasteiger partial charge >= 0.3 is 5.97 Å². The summed E-state index contributed by atoms with van der Waals surface area (Å²) in [4.78, 5) is 12.6. The Kier molecular flexibility index (Phi) is 4.60. The number of esters is 1. The van der Waals surface area contributed by atoms with Crippen molar-refractivity contribution in [3.63, 3.8) is 0 Å². The van der Waals surface area contributed by atoms with E-state index in [0.717, 1.165) is 18.4 Å². The summed E-state index contributed by atoms with van der Waals surface area (Å²) < 4.78 is 21.5. The minimum atomic E-state index is -0.407. The third-order valence-electron chi connectivity index (χ3n) is 4.23. The number of hydrogen-bond acceptors (Lipinski definition) is 5. The van der Waals surface area contributed by atoms with E-state index in [4.69, 9.17) is 18.9 Å². The molecule has 5 nitrogen and oxygen atoms in total. The Bertz CT molecular complexity index is 728. The lowest BCUT2D eigenvalue weighted by atomic mass is 10.1. The van der Waals surface area contributed by atoms with Gasteiger partial charge in [-0.15, -0.1) is 0 Å². The van der Waals surface area contributed by atoms with Crippen molar-refractivity contribution in [2.45, 2.75) is 18.9 Å². The highest BCUT2D eigenvalue weighted by molar-refractivity contribution is 5.91. The number of rotatable bonds is 5. The van der Waals surface area contributed by atoms with Gasteiger partial charge in [0.1, 0.15) is 6.10 Å². The predicted molar refractivity (Wildman–Crippen MR) is 89.0 cm³/mol. The monoisotopic (exact) mass is 328 g/mol. The van der Waals surface area contributed by atoms with Gasteiger partial charge in [-0.1, -0.05) is 24.3 Å². The van der Waals surface area contributed by atoms with Gasteiger partial charge in [-0.25, -0.2) is 4.79 Å². The fourth-order valence-corrected chi connectivity index (χ4v) is 3.04. The Balaban J connectivity index is 1.86. The molecule has 5 heteroatoms. The quantitative estimate of drug-likeness (QED) is 0.786. The zero-order valence-electron chi connectivity index (χ0n) is 14.0. The van der Waals surface area contributed by atoms with Crippen LogP contribution in [-0.2, 0) is 11.2 Å². The van der Waals surface area contributed by atoms with Crippen LogP contribution in [0.2, 0.25) is 0 Å². The van der Waals surface area contributed by atoms with E-state index in [9.17, 15) is 4.79 Å². The van der Waals surface area contributed by atoms with Crippen LogP contribution < -0.4 is 14.2 Å². The fourth-order valence-electron chi connectivity index (χ4n) is 3.04. The molecule has 0 heterocycles. The molecule has 0 saturated heterocycles. The van der Waals surface area contributed by atoms with Crippen LogP contribution in [-0.4, -0.2) is 27.3 Å². The highest BCUT2D eigenvalue weighted by atomic mass is 16.5. The molecule has 24 heavy (non-hydrogen) atoms. The summed E-state index contributed by atoms with van der Waals surface area (Å²) in [6.45, 7) is 0. The van der Waals surface area contributed by atoms with Crippen LogP contribution in [0, 0.1) is 0 Å². The van der Waals surface area contributed by atoms with Crippen molar-refractivity contribution in [2.75, 3.05) is 21.3 Å². The molecule has 2 aromatic carbocycles. The molecule has 0 spiro atoms. The van der Waals surface area contributed by atoms with Gasteiger partial charge in [0.15, 0.2) is 11.5 Å². The Labute approximate surface area is 141 Å². The van der Waals surface area contributed by atoms with Gasteiger partial charge in [0, 0.05) is 0 Å². The van der Waals surface area contributed by atoms with Crippen molar-refractivity contribution >= 4 is 5.97 Å². The average molecular weight is 328 g/mol. The number of fused-ring (bicyclic) bond motifs is 1. The summed E-state index contributed by atoms with van der Waals surface area (Å²) in [5, 5.41) is 0. The standard InChI is InChI=1S/C19H20O5/c1-21-16-10-13(11-17(22-2)18(16)23-3)19(20)24-15-9-8-12-6-4-5-7-14(12)15/h4-7,10-11,15H,8-9H2,1-3H3/t15-/m0/s1. The van der Waals surface area contributed by atoms with E-state index in [2.05, 4.69) is 6.07 Å². The normalized spacial score (nSPS) is 15.5. The molecule has 1 aliphatic carbocycles. The SMILES string of the molecule is COc1cc(C(=O)O[C@H]2CCc3ccccc32)cc(OC)c1OC. The molecule has 0 unspecified atom stereocenters. The zero-order valence-corrected chi connectivity index (χ0v) is 14.0. The molecule has 0 aliphatic heterocycles. The van der Waals surface area contributed by atoms with Crippen LogP contribution in [0.5, 0.6) is 17.2 Å². The molecule has 0 aromatic heterocycles. The third-order valence-corrected chi connectivity index (χ3v) is 4.23. The van der Waals surface area contributed by atoms with Crippen molar-refractivity contribution in [3.05, 3.63) is 53.1 Å². The fraction of sp³-hybridized carbons (Fsp3) is 0.316. The Morgan fingerprint density at radius 2 is 1.67 bits per heavy atom. The lowest BCUT2D eigenvalue weighted by Crippen LogP contribution is -2.10. The Morgan fingerprint density at radius 3 is 2.29 bits per heavy atom. The highest BCUT2D eigenvalue weighted by Gasteiger charge is 2.27. The molecular formula is C19H20O5. The van der Waals surface area contributed by atoms with E-state index < -0.39 is 5.97 Å². The van der Waals surface area contributed by atoms with Gasteiger partial charge in [-0.3, -0.25) is 0 Å². The Morgan fingerprint density at radius 1 is 1.00 bits per heavy atom. The second-order valence-corrected chi connectivity index (χ2v) is 5.55. The van der Waals surface area contributed by atoms with Gasteiger partial charge in [0.05, 0.1) is 26.9 Å². The minimum absolute atomic E-state index is 0.215. The smallest absolute Gasteiger partial charge is 0.339 e. The zero-order chi connectivity index (χ0) is 17.1. The topological polar surface area (TPSA) is 54.0 Å². The van der Waals surface area contributed by atoms with E-state index in [1.54, 1.807) is 12.1 Å². The van der Waals surface area contributed by atoms with Gasteiger partial charge < -0.3 is 18.9 Å². The first-order valence-corrected chi connectivity index (χ1v) is 7.76. The molecule has 0 amide bonds. The van der Waals surface area contributed by atoms with Crippen LogP contribution in [0.1, 0.15) is 34.0 Å². The van der Waals surface area contributed by atoms with Crippen LogP contribution >= 0.6 is 0 Å². The van der Waals surface area contributed by atoms with E-state index in [1.165, 1.54) is 26.9 Å². The summed E-state index contributed by atoms with van der Waals surface area (Å²) in [6.07, 6.45) is 1.51. The maximum absolute atomic E-state index is 12.6. The number of methoxy groups -OCH3 is 3. The van der Waals surface area contributed by atoms with Crippen LogP contribution in [0.4, 0.5) is 0 Å². The first-order valence-electron chi connectivity index (χ1n) is 7.76. The lowest BCUT2D eigenvalue weighted by Gasteiger charge is -2.16. The molecular weight excluding hydrogens is 308 g/mol. The van der Waals surface area contributed by atoms with Crippen molar-refractivity contribution in [1.82, 2.24) is 0 Å². The molecule has 3 rings (SSSR count). The van der Waals surface area contributed by atoms with E-state index in [1.807, 2.05) is 18.2 Å². The summed E-state index contributed by atoms with van der Waals surface area (Å²) in [5.74, 6) is 0.893. The molecule has 0 radical (unpaired) electrons. The predicted octanol–water partition coefficient (Wildman–Crippen LogP) is 3.56. The van der Waals surface area contributed by atoms with Crippen LogP contribution in [0.25, 0.3) is 0 Å². The van der Waals surface area contributed by atoms with Crippen LogP contribution in [0.15, 0.2) is 36.4 Å². The highest BCUT2D eigenvalue weighted by Crippen LogP contribution is 2.39. The van der Waals surface area contributed by atoms with Crippen molar-refractivity contribution in [3.8, 4) is 17.2 Å². The summed E-state index contributed by atoms with van der Waals surface area (Å²) in [6, 6.07) is 11.2. The van der Waals surface area contributed by atoms with E-state index >= 15 is 0 Å². The van der Waals surface area contributed by atoms with Crippen molar-refractivity contribution in [2.24, 2.45) is 0 Å².